The Morgan fingerprint density at radius 1 is 1.30 bits per heavy atom. The number of benzene rings is 1. The lowest BCUT2D eigenvalue weighted by Gasteiger charge is -2.04. The second-order valence-electron chi connectivity index (χ2n) is 4.10. The quantitative estimate of drug-likeness (QED) is 0.650. The first-order chi connectivity index (χ1) is 9.63. The molecule has 0 aliphatic heterocycles. The van der Waals surface area contributed by atoms with E-state index < -0.39 is 0 Å². The summed E-state index contributed by atoms with van der Waals surface area (Å²) in [5.74, 6) is -0.151. The van der Waals surface area contributed by atoms with Crippen LogP contribution >= 0.6 is 38.9 Å². The largest absolute Gasteiger partial charge is 0.320 e. The maximum absolute atomic E-state index is 12.2. The number of halogens is 2. The Kier molecular flexibility index (Phi) is 3.74. The van der Waals surface area contributed by atoms with Crippen molar-refractivity contribution in [1.29, 1.82) is 0 Å². The minimum absolute atomic E-state index is 0.151. The molecule has 100 valence electrons. The predicted molar refractivity (Wildman–Crippen MR) is 86.7 cm³/mol. The number of nitrogens with one attached hydrogen (secondary N) is 1. The number of aromatic nitrogens is 1. The fourth-order valence-corrected chi connectivity index (χ4v) is 3.19. The Bertz CT molecular complexity index is 770. The summed E-state index contributed by atoms with van der Waals surface area (Å²) in [5, 5.41) is 4.24. The summed E-state index contributed by atoms with van der Waals surface area (Å²) in [6.07, 6.45) is 1.53. The van der Waals surface area contributed by atoms with Gasteiger partial charge in [-0.25, -0.2) is 4.98 Å². The Morgan fingerprint density at radius 3 is 2.85 bits per heavy atom. The van der Waals surface area contributed by atoms with Gasteiger partial charge in [0.15, 0.2) is 0 Å². The Labute approximate surface area is 132 Å². The van der Waals surface area contributed by atoms with E-state index in [1.54, 1.807) is 6.07 Å². The Balaban J connectivity index is 1.86. The van der Waals surface area contributed by atoms with Crippen molar-refractivity contribution in [2.45, 2.75) is 0 Å². The zero-order chi connectivity index (χ0) is 14.1. The fraction of sp³-hybridized carbons (Fsp3) is 0. The number of amides is 1. The van der Waals surface area contributed by atoms with Crippen LogP contribution in [0.1, 0.15) is 9.67 Å². The lowest BCUT2D eigenvalue weighted by atomic mass is 10.2. The van der Waals surface area contributed by atoms with E-state index in [-0.39, 0.29) is 5.91 Å². The lowest BCUT2D eigenvalue weighted by Crippen LogP contribution is -2.10. The van der Waals surface area contributed by atoms with E-state index in [0.717, 1.165) is 10.1 Å². The van der Waals surface area contributed by atoms with Gasteiger partial charge in [0.2, 0.25) is 0 Å². The van der Waals surface area contributed by atoms with Crippen LogP contribution in [0.3, 0.4) is 0 Å². The zero-order valence-electron chi connectivity index (χ0n) is 10.1. The molecule has 20 heavy (non-hydrogen) atoms. The molecule has 0 unspecified atom stereocenters. The van der Waals surface area contributed by atoms with Crippen molar-refractivity contribution >= 4 is 60.5 Å². The average molecular weight is 368 g/mol. The van der Waals surface area contributed by atoms with Crippen LogP contribution < -0.4 is 5.32 Å². The molecule has 0 aliphatic rings. The first-order valence-electron chi connectivity index (χ1n) is 5.74. The molecule has 0 saturated heterocycles. The SMILES string of the molecule is O=C(Nc1cnc(Cl)c(Br)c1)c1cc2ccccc2s1. The van der Waals surface area contributed by atoms with Gasteiger partial charge in [0.05, 0.1) is 21.2 Å². The summed E-state index contributed by atoms with van der Waals surface area (Å²) in [6.45, 7) is 0. The molecular weight excluding hydrogens is 360 g/mol. The monoisotopic (exact) mass is 366 g/mol. The smallest absolute Gasteiger partial charge is 0.265 e. The number of thiophene rings is 1. The van der Waals surface area contributed by atoms with E-state index >= 15 is 0 Å². The van der Waals surface area contributed by atoms with Crippen LogP contribution in [0.25, 0.3) is 10.1 Å². The van der Waals surface area contributed by atoms with Crippen molar-refractivity contribution in [3.8, 4) is 0 Å². The van der Waals surface area contributed by atoms with Gasteiger partial charge in [0.25, 0.3) is 5.91 Å². The average Bonchev–Trinajstić information content (AvgIpc) is 2.87. The number of rotatable bonds is 2. The molecular formula is C14H8BrClN2OS. The summed E-state index contributed by atoms with van der Waals surface area (Å²) in [6, 6.07) is 11.5. The second-order valence-corrected chi connectivity index (χ2v) is 6.40. The molecule has 3 rings (SSSR count). The molecule has 0 atom stereocenters. The molecule has 3 aromatic rings. The summed E-state index contributed by atoms with van der Waals surface area (Å²) >= 11 is 10.6. The topological polar surface area (TPSA) is 42.0 Å². The number of nitrogens with zero attached hydrogens (tertiary/aromatic N) is 1. The highest BCUT2D eigenvalue weighted by atomic mass is 79.9. The number of fused-ring (bicyclic) bond motifs is 1. The normalized spacial score (nSPS) is 10.7. The van der Waals surface area contributed by atoms with Crippen molar-refractivity contribution in [3.05, 3.63) is 57.1 Å². The number of hydrogen-bond acceptors (Lipinski definition) is 3. The van der Waals surface area contributed by atoms with E-state index in [0.29, 0.717) is 20.2 Å². The standard InChI is InChI=1S/C14H8BrClN2OS/c15-10-6-9(7-17-13(10)16)18-14(19)12-5-8-3-1-2-4-11(8)20-12/h1-7H,(H,18,19). The van der Waals surface area contributed by atoms with Crippen molar-refractivity contribution in [2.24, 2.45) is 0 Å². The van der Waals surface area contributed by atoms with Gasteiger partial charge in [-0.3, -0.25) is 4.79 Å². The summed E-state index contributed by atoms with van der Waals surface area (Å²) in [7, 11) is 0. The highest BCUT2D eigenvalue weighted by molar-refractivity contribution is 9.10. The highest BCUT2D eigenvalue weighted by Gasteiger charge is 2.11. The number of pyridine rings is 1. The van der Waals surface area contributed by atoms with E-state index in [4.69, 9.17) is 11.6 Å². The molecule has 6 heteroatoms. The molecule has 2 aromatic heterocycles. The number of carbonyl (C=O) groups is 1. The maximum Gasteiger partial charge on any atom is 0.265 e. The third-order valence-electron chi connectivity index (χ3n) is 2.70. The van der Waals surface area contributed by atoms with Gasteiger partial charge < -0.3 is 5.32 Å². The van der Waals surface area contributed by atoms with Gasteiger partial charge in [-0.1, -0.05) is 29.8 Å². The van der Waals surface area contributed by atoms with Crippen LogP contribution in [0.2, 0.25) is 5.15 Å². The van der Waals surface area contributed by atoms with Crippen molar-refractivity contribution in [2.75, 3.05) is 5.32 Å². The Morgan fingerprint density at radius 2 is 2.10 bits per heavy atom. The number of carbonyl (C=O) groups excluding carboxylic acids is 1. The second kappa shape index (κ2) is 5.52. The molecule has 0 saturated carbocycles. The van der Waals surface area contributed by atoms with Crippen LogP contribution in [-0.4, -0.2) is 10.9 Å². The van der Waals surface area contributed by atoms with Gasteiger partial charge in [-0.05, 0) is 39.5 Å². The predicted octanol–water partition coefficient (Wildman–Crippen LogP) is 4.96. The van der Waals surface area contributed by atoms with Crippen molar-refractivity contribution in [3.63, 3.8) is 0 Å². The molecule has 0 spiro atoms. The molecule has 2 heterocycles. The summed E-state index contributed by atoms with van der Waals surface area (Å²) in [4.78, 5) is 16.8. The molecule has 1 N–H and O–H groups in total. The summed E-state index contributed by atoms with van der Waals surface area (Å²) in [5.41, 5.74) is 0.601. The van der Waals surface area contributed by atoms with Gasteiger partial charge in [0, 0.05) is 4.70 Å². The van der Waals surface area contributed by atoms with E-state index in [9.17, 15) is 4.79 Å². The number of anilines is 1. The van der Waals surface area contributed by atoms with E-state index in [1.807, 2.05) is 30.3 Å². The lowest BCUT2D eigenvalue weighted by molar-refractivity contribution is 0.103. The van der Waals surface area contributed by atoms with Gasteiger partial charge in [-0.15, -0.1) is 11.3 Å². The molecule has 0 aliphatic carbocycles. The highest BCUT2D eigenvalue weighted by Crippen LogP contribution is 2.27. The molecule has 0 bridgehead atoms. The zero-order valence-corrected chi connectivity index (χ0v) is 13.2. The van der Waals surface area contributed by atoms with E-state index in [2.05, 4.69) is 26.2 Å². The van der Waals surface area contributed by atoms with Gasteiger partial charge in [-0.2, -0.15) is 0 Å². The molecule has 1 aromatic carbocycles. The van der Waals surface area contributed by atoms with Crippen LogP contribution in [0.5, 0.6) is 0 Å². The third kappa shape index (κ3) is 2.70. The van der Waals surface area contributed by atoms with Crippen LogP contribution in [-0.2, 0) is 0 Å². The van der Waals surface area contributed by atoms with Crippen molar-refractivity contribution < 1.29 is 4.79 Å². The first-order valence-corrected chi connectivity index (χ1v) is 7.73. The maximum atomic E-state index is 12.2. The summed E-state index contributed by atoms with van der Waals surface area (Å²) < 4.78 is 1.74. The fourth-order valence-electron chi connectivity index (χ4n) is 1.78. The number of hydrogen-bond donors (Lipinski definition) is 1. The third-order valence-corrected chi connectivity index (χ3v) is 4.95. The van der Waals surface area contributed by atoms with Gasteiger partial charge in [0.1, 0.15) is 5.15 Å². The van der Waals surface area contributed by atoms with Crippen molar-refractivity contribution in [1.82, 2.24) is 4.98 Å². The van der Waals surface area contributed by atoms with Crippen LogP contribution in [0.4, 0.5) is 5.69 Å². The minimum Gasteiger partial charge on any atom is -0.320 e. The first kappa shape index (κ1) is 13.5. The molecule has 1 amide bonds. The van der Waals surface area contributed by atoms with Gasteiger partial charge >= 0.3 is 0 Å². The van der Waals surface area contributed by atoms with E-state index in [1.165, 1.54) is 17.5 Å². The Hall–Kier alpha value is -1.43. The molecule has 0 fully saturated rings. The minimum atomic E-state index is -0.151. The van der Waals surface area contributed by atoms with Crippen LogP contribution in [0.15, 0.2) is 47.1 Å². The molecule has 3 nitrogen and oxygen atoms in total. The molecule has 0 radical (unpaired) electrons. The van der Waals surface area contributed by atoms with Crippen LogP contribution in [0, 0.1) is 0 Å².